The maximum Gasteiger partial charge on any atom is 0.279 e. The second kappa shape index (κ2) is 11.6. The van der Waals surface area contributed by atoms with Gasteiger partial charge in [0, 0.05) is 55.5 Å². The molecule has 1 aliphatic heterocycles. The Balaban J connectivity index is 1.04. The smallest absolute Gasteiger partial charge is 0.279 e. The number of aryl methyl sites for hydroxylation is 1. The Kier molecular flexibility index (Phi) is 7.32. The monoisotopic (exact) mass is 607 g/mol. The number of rotatable bonds is 7. The molecule has 0 spiro atoms. The zero-order valence-electron chi connectivity index (χ0n) is 24.5. The molecule has 0 unspecified atom stereocenters. The molecule has 228 valence electrons. The molecule has 3 amide bonds. The van der Waals surface area contributed by atoms with Crippen molar-refractivity contribution < 1.29 is 23.2 Å². The number of nitrogens with one attached hydrogen (secondary N) is 1. The summed E-state index contributed by atoms with van der Waals surface area (Å²) in [4.78, 5) is 51.6. The van der Waals surface area contributed by atoms with E-state index in [0.29, 0.717) is 59.9 Å². The Bertz CT molecular complexity index is 1900. The number of nitrogens with zero attached hydrogens (tertiary/aromatic N) is 6. The van der Waals surface area contributed by atoms with Crippen molar-refractivity contribution in [2.75, 3.05) is 23.3 Å². The number of fused-ring (bicyclic) bond motifs is 1. The fourth-order valence-electron chi connectivity index (χ4n) is 5.70. The Morgan fingerprint density at radius 3 is 2.49 bits per heavy atom. The van der Waals surface area contributed by atoms with Gasteiger partial charge in [-0.1, -0.05) is 18.2 Å². The lowest BCUT2D eigenvalue weighted by Crippen LogP contribution is -2.49. The third kappa shape index (κ3) is 5.78. The predicted octanol–water partition coefficient (Wildman–Crippen LogP) is 4.87. The van der Waals surface area contributed by atoms with Crippen LogP contribution in [0.5, 0.6) is 0 Å². The number of anilines is 2. The second-order valence-electron chi connectivity index (χ2n) is 11.4. The van der Waals surface area contributed by atoms with Crippen molar-refractivity contribution in [3.05, 3.63) is 90.5 Å². The molecule has 7 rings (SSSR count). The molecule has 0 radical (unpaired) electrons. The van der Waals surface area contributed by atoms with E-state index in [9.17, 15) is 18.8 Å². The fourth-order valence-corrected chi connectivity index (χ4v) is 5.70. The van der Waals surface area contributed by atoms with Gasteiger partial charge in [-0.2, -0.15) is 5.10 Å². The summed E-state index contributed by atoms with van der Waals surface area (Å²) in [5.41, 5.74) is 3.53. The normalized spacial score (nSPS) is 18.1. The molecular weight excluding hydrogens is 577 g/mol. The van der Waals surface area contributed by atoms with E-state index in [2.05, 4.69) is 20.4 Å². The highest BCUT2D eigenvalue weighted by atomic mass is 19.1. The number of carbonyl (C=O) groups is 3. The predicted molar refractivity (Wildman–Crippen MR) is 164 cm³/mol. The van der Waals surface area contributed by atoms with Crippen LogP contribution in [0.15, 0.2) is 83.5 Å². The molecule has 4 heterocycles. The lowest BCUT2D eigenvalue weighted by atomic mass is 10.0. The van der Waals surface area contributed by atoms with Gasteiger partial charge in [0.2, 0.25) is 11.8 Å². The van der Waals surface area contributed by atoms with Crippen molar-refractivity contribution in [3.63, 3.8) is 0 Å². The van der Waals surface area contributed by atoms with Crippen molar-refractivity contribution in [2.24, 2.45) is 13.0 Å². The summed E-state index contributed by atoms with van der Waals surface area (Å²) in [5.74, 6) is -1.03. The van der Waals surface area contributed by atoms with Crippen LogP contribution >= 0.6 is 0 Å². The average molecular weight is 608 g/mol. The number of halogens is 1. The van der Waals surface area contributed by atoms with Gasteiger partial charge in [0.15, 0.2) is 11.3 Å². The van der Waals surface area contributed by atoms with Gasteiger partial charge in [0.25, 0.3) is 11.8 Å². The summed E-state index contributed by atoms with van der Waals surface area (Å²) in [7, 11) is 1.78. The lowest BCUT2D eigenvalue weighted by Gasteiger charge is -2.38. The zero-order valence-corrected chi connectivity index (χ0v) is 24.5. The van der Waals surface area contributed by atoms with Gasteiger partial charge in [-0.05, 0) is 67.8 Å². The Labute approximate surface area is 257 Å². The molecule has 1 aliphatic carbocycles. The summed E-state index contributed by atoms with van der Waals surface area (Å²) < 4.78 is 20.8. The highest BCUT2D eigenvalue weighted by Gasteiger charge is 2.43. The molecule has 1 saturated heterocycles. The van der Waals surface area contributed by atoms with Crippen molar-refractivity contribution in [1.82, 2.24) is 24.6 Å². The molecule has 2 atom stereocenters. The van der Waals surface area contributed by atoms with Crippen LogP contribution in [0.3, 0.4) is 0 Å². The van der Waals surface area contributed by atoms with Gasteiger partial charge in [0.05, 0.1) is 5.92 Å². The summed E-state index contributed by atoms with van der Waals surface area (Å²) in [5, 5.41) is 7.04. The third-order valence-corrected chi connectivity index (χ3v) is 8.23. The van der Waals surface area contributed by atoms with E-state index in [-0.39, 0.29) is 35.9 Å². The van der Waals surface area contributed by atoms with Crippen LogP contribution in [-0.4, -0.2) is 67.7 Å². The molecule has 1 saturated carbocycles. The number of piperidine rings is 1. The number of aromatic nitrogens is 4. The van der Waals surface area contributed by atoms with Crippen molar-refractivity contribution in [3.8, 4) is 11.5 Å². The summed E-state index contributed by atoms with van der Waals surface area (Å²) in [6, 6.07) is 19.5. The summed E-state index contributed by atoms with van der Waals surface area (Å²) in [6.45, 7) is 0.908. The van der Waals surface area contributed by atoms with Gasteiger partial charge >= 0.3 is 0 Å². The SMILES string of the molecule is Cn1ccc(C(=O)N(c2ccccc2)C2CCN(C(=O)c3cc(-c4nc5cc(NC(=O)[C@@H]6C[C@@H]6F)ccc5o4)ccn3)CC2)n1. The molecule has 45 heavy (non-hydrogen) atoms. The van der Waals surface area contributed by atoms with E-state index >= 15 is 0 Å². The second-order valence-corrected chi connectivity index (χ2v) is 11.4. The van der Waals surface area contributed by atoms with Gasteiger partial charge in [-0.25, -0.2) is 9.37 Å². The molecule has 12 heteroatoms. The highest BCUT2D eigenvalue weighted by Crippen LogP contribution is 2.35. The molecule has 2 aromatic carbocycles. The maximum atomic E-state index is 13.6. The van der Waals surface area contributed by atoms with Crippen LogP contribution in [0.25, 0.3) is 22.6 Å². The first-order valence-electron chi connectivity index (χ1n) is 14.8. The van der Waals surface area contributed by atoms with Gasteiger partial charge in [0.1, 0.15) is 17.4 Å². The minimum atomic E-state index is -1.08. The average Bonchev–Trinajstić information content (AvgIpc) is 3.41. The molecule has 2 aliphatic rings. The van der Waals surface area contributed by atoms with Crippen molar-refractivity contribution in [1.29, 1.82) is 0 Å². The van der Waals surface area contributed by atoms with E-state index in [4.69, 9.17) is 4.42 Å². The van der Waals surface area contributed by atoms with Crippen molar-refractivity contribution in [2.45, 2.75) is 31.5 Å². The molecule has 2 fully saturated rings. The van der Waals surface area contributed by atoms with E-state index in [0.717, 1.165) is 5.69 Å². The van der Waals surface area contributed by atoms with E-state index < -0.39 is 12.1 Å². The first kappa shape index (κ1) is 28.4. The number of pyridine rings is 1. The zero-order chi connectivity index (χ0) is 31.1. The molecule has 11 nitrogen and oxygen atoms in total. The highest BCUT2D eigenvalue weighted by molar-refractivity contribution is 6.05. The Hall–Kier alpha value is -5.39. The lowest BCUT2D eigenvalue weighted by molar-refractivity contribution is -0.117. The van der Waals surface area contributed by atoms with Gasteiger partial charge < -0.3 is 19.5 Å². The number of hydrogen-bond donors (Lipinski definition) is 1. The van der Waals surface area contributed by atoms with E-state index in [1.54, 1.807) is 70.3 Å². The number of oxazole rings is 1. The fraction of sp³-hybridized carbons (Fsp3) is 0.273. The number of hydrogen-bond acceptors (Lipinski definition) is 7. The van der Waals surface area contributed by atoms with E-state index in [1.165, 1.54) is 0 Å². The largest absolute Gasteiger partial charge is 0.436 e. The maximum absolute atomic E-state index is 13.6. The van der Waals surface area contributed by atoms with Crippen molar-refractivity contribution >= 4 is 40.2 Å². The number of carbonyl (C=O) groups excluding carboxylic acids is 3. The summed E-state index contributed by atoms with van der Waals surface area (Å²) in [6.07, 6.45) is 3.65. The number of alkyl halides is 1. The molecule has 5 aromatic rings. The Morgan fingerprint density at radius 2 is 1.78 bits per heavy atom. The standard InChI is InChI=1S/C33H30FN7O4/c1-39-14-12-26(38-39)33(44)41(22-5-3-2-4-6-22)23-10-15-40(16-11-23)32(43)28-17-20(9-13-35-28)31-37-27-18-21(7-8-29(27)45-31)36-30(42)24-19-25(24)34/h2-9,12-14,17-18,23-25H,10-11,15-16,19H2,1H3,(H,36,42)/t24-,25+/m1/s1. The van der Waals surface area contributed by atoms with Gasteiger partial charge in [-0.3, -0.25) is 24.0 Å². The van der Waals surface area contributed by atoms with E-state index in [1.807, 2.05) is 30.3 Å². The van der Waals surface area contributed by atoms with Crippen LogP contribution in [0.1, 0.15) is 40.2 Å². The molecular formula is C33H30FN7O4. The van der Waals surface area contributed by atoms with Crippen LogP contribution in [0.2, 0.25) is 0 Å². The third-order valence-electron chi connectivity index (χ3n) is 8.23. The molecule has 1 N–H and O–H groups in total. The quantitative estimate of drug-likeness (QED) is 0.280. The van der Waals surface area contributed by atoms with Crippen LogP contribution < -0.4 is 10.2 Å². The van der Waals surface area contributed by atoms with Crippen LogP contribution in [-0.2, 0) is 11.8 Å². The molecule has 3 aromatic heterocycles. The molecule has 0 bridgehead atoms. The number of para-hydroxylation sites is 1. The minimum absolute atomic E-state index is 0.109. The Morgan fingerprint density at radius 1 is 1.00 bits per heavy atom. The van der Waals surface area contributed by atoms with Gasteiger partial charge in [-0.15, -0.1) is 0 Å². The number of benzene rings is 2. The number of amides is 3. The number of likely N-dealkylation sites (tertiary alicyclic amines) is 1. The first-order chi connectivity index (χ1) is 21.8. The summed E-state index contributed by atoms with van der Waals surface area (Å²) >= 11 is 0. The van der Waals surface area contributed by atoms with Crippen LogP contribution in [0.4, 0.5) is 15.8 Å². The van der Waals surface area contributed by atoms with Crippen LogP contribution in [0, 0.1) is 5.92 Å². The minimum Gasteiger partial charge on any atom is -0.436 e. The first-order valence-corrected chi connectivity index (χ1v) is 14.8. The topological polar surface area (TPSA) is 126 Å².